The molecule has 37 heavy (non-hydrogen) atoms. The lowest BCUT2D eigenvalue weighted by atomic mass is 9.96. The van der Waals surface area contributed by atoms with Crippen LogP contribution in [0, 0.1) is 12.3 Å². The summed E-state index contributed by atoms with van der Waals surface area (Å²) in [6.45, 7) is 22.7. The third-order valence-electron chi connectivity index (χ3n) is 5.46. The van der Waals surface area contributed by atoms with Crippen LogP contribution in [0.5, 0.6) is 5.75 Å². The number of nitrogens with two attached hydrogens (primary N) is 1. The van der Waals surface area contributed by atoms with Gasteiger partial charge in [0.05, 0.1) is 0 Å². The van der Waals surface area contributed by atoms with Crippen LogP contribution in [0.25, 0.3) is 5.57 Å². The predicted molar refractivity (Wildman–Crippen MR) is 161 cm³/mol. The van der Waals surface area contributed by atoms with E-state index in [2.05, 4.69) is 37.6 Å². The number of terminal acetylenes is 1. The molecule has 0 spiro atoms. The van der Waals surface area contributed by atoms with Crippen LogP contribution in [-0.4, -0.2) is 25.5 Å². The topological polar surface area (TPSA) is 56.8 Å². The van der Waals surface area contributed by atoms with Crippen molar-refractivity contribution in [2.75, 3.05) is 19.8 Å². The Morgan fingerprint density at radius 3 is 2.54 bits per heavy atom. The zero-order chi connectivity index (χ0) is 27.6. The summed E-state index contributed by atoms with van der Waals surface area (Å²) in [5.74, 6) is 3.72. The maximum absolute atomic E-state index is 6.32. The highest BCUT2D eigenvalue weighted by Gasteiger charge is 2.13. The van der Waals surface area contributed by atoms with Crippen molar-refractivity contribution < 1.29 is 9.47 Å². The van der Waals surface area contributed by atoms with Crippen LogP contribution < -0.4 is 10.5 Å². The Balaban J connectivity index is 3.12. The molecule has 0 aliphatic heterocycles. The summed E-state index contributed by atoms with van der Waals surface area (Å²) < 4.78 is 11.9. The third kappa shape index (κ3) is 12.4. The third-order valence-corrected chi connectivity index (χ3v) is 5.46. The molecule has 198 valence electrons. The van der Waals surface area contributed by atoms with Crippen LogP contribution in [0.2, 0.25) is 0 Å². The number of benzene rings is 1. The molecule has 4 nitrogen and oxygen atoms in total. The van der Waals surface area contributed by atoms with Crippen molar-refractivity contribution in [3.8, 4) is 18.1 Å². The number of nitrogens with zero attached hydrogens (tertiary/aromatic N) is 1. The van der Waals surface area contributed by atoms with Gasteiger partial charge in [-0.25, -0.2) is 4.99 Å². The maximum Gasteiger partial charge on any atom is 0.219 e. The molecule has 0 aromatic heterocycles. The van der Waals surface area contributed by atoms with Crippen LogP contribution >= 0.6 is 0 Å². The summed E-state index contributed by atoms with van der Waals surface area (Å²) in [6, 6.07) is 5.63. The minimum absolute atomic E-state index is 0.460. The van der Waals surface area contributed by atoms with E-state index >= 15 is 0 Å². The molecule has 0 unspecified atom stereocenters. The Hall–Kier alpha value is -3.39. The second-order valence-corrected chi connectivity index (χ2v) is 8.98. The number of ether oxygens (including phenoxy) is 2. The van der Waals surface area contributed by atoms with E-state index in [1.165, 1.54) is 0 Å². The minimum Gasteiger partial charge on any atom is -0.438 e. The minimum atomic E-state index is 0.460. The summed E-state index contributed by atoms with van der Waals surface area (Å²) in [5, 5.41) is 0. The molecular weight excluding hydrogens is 456 g/mol. The Morgan fingerprint density at radius 2 is 1.92 bits per heavy atom. The Morgan fingerprint density at radius 1 is 1.16 bits per heavy atom. The van der Waals surface area contributed by atoms with Crippen LogP contribution in [0.15, 0.2) is 89.8 Å². The molecule has 0 fully saturated rings. The molecule has 4 heteroatoms. The normalized spacial score (nSPS) is 11.8. The fraction of sp³-hybridized carbons (Fsp3) is 0.364. The zero-order valence-corrected chi connectivity index (χ0v) is 23.2. The molecule has 0 amide bonds. The van der Waals surface area contributed by atoms with E-state index in [9.17, 15) is 0 Å². The van der Waals surface area contributed by atoms with Gasteiger partial charge >= 0.3 is 0 Å². The van der Waals surface area contributed by atoms with E-state index in [0.29, 0.717) is 30.2 Å². The average molecular weight is 501 g/mol. The quantitative estimate of drug-likeness (QED) is 0.0776. The SMILES string of the molecule is C#Cc1ccc(C(=C)C(=C)C/C=C/C(=C\C)CN)c(O/C(=C/C(=C)CCCCOCCC)N=C(C)C)c1. The van der Waals surface area contributed by atoms with Gasteiger partial charge in [0.15, 0.2) is 0 Å². The molecule has 1 aromatic carbocycles. The second kappa shape index (κ2) is 17.9. The van der Waals surface area contributed by atoms with Gasteiger partial charge in [-0.1, -0.05) is 50.8 Å². The zero-order valence-electron chi connectivity index (χ0n) is 23.2. The number of aliphatic imine (C=N–C) groups is 1. The van der Waals surface area contributed by atoms with Crippen LogP contribution in [-0.2, 0) is 4.74 Å². The molecule has 0 radical (unpaired) electrons. The van der Waals surface area contributed by atoms with Crippen molar-refractivity contribution in [1.29, 1.82) is 0 Å². The second-order valence-electron chi connectivity index (χ2n) is 8.98. The fourth-order valence-electron chi connectivity index (χ4n) is 3.36. The van der Waals surface area contributed by atoms with E-state index in [1.807, 2.05) is 63.3 Å². The molecular formula is C33H44N2O2. The highest BCUT2D eigenvalue weighted by atomic mass is 16.5. The van der Waals surface area contributed by atoms with Gasteiger partial charge in [-0.3, -0.25) is 0 Å². The average Bonchev–Trinajstić information content (AvgIpc) is 2.87. The first kappa shape index (κ1) is 31.6. The molecule has 1 rings (SSSR count). The van der Waals surface area contributed by atoms with Crippen LogP contribution in [0.3, 0.4) is 0 Å². The summed E-state index contributed by atoms with van der Waals surface area (Å²) in [5.41, 5.74) is 11.8. The molecule has 0 aliphatic rings. The number of rotatable bonds is 17. The van der Waals surface area contributed by atoms with Gasteiger partial charge in [-0.05, 0) is 93.4 Å². The molecule has 0 saturated heterocycles. The first-order valence-corrected chi connectivity index (χ1v) is 12.9. The molecule has 0 saturated carbocycles. The standard InChI is InChI=1S/C33H44N2O2/c1-9-20-36-21-13-12-15-26(6)22-33(35-25(4)5)37-32-23-29(10-2)18-19-31(32)28(8)27(7)16-14-17-30(11-3)24-34/h2,11,14,17-19,22-23H,6-9,12-13,15-16,20-21,24,34H2,1,3-5H3/b17-14+,30-11+,33-22+. The smallest absolute Gasteiger partial charge is 0.219 e. The summed E-state index contributed by atoms with van der Waals surface area (Å²) in [7, 11) is 0. The van der Waals surface area contributed by atoms with Crippen LogP contribution in [0.1, 0.15) is 70.9 Å². The lowest BCUT2D eigenvalue weighted by Crippen LogP contribution is -2.01. The van der Waals surface area contributed by atoms with Gasteiger partial charge in [-0.2, -0.15) is 0 Å². The first-order chi connectivity index (χ1) is 17.7. The molecule has 0 heterocycles. The maximum atomic E-state index is 6.32. The molecule has 2 N–H and O–H groups in total. The number of hydrogen-bond acceptors (Lipinski definition) is 4. The first-order valence-electron chi connectivity index (χ1n) is 12.9. The predicted octanol–water partition coefficient (Wildman–Crippen LogP) is 7.94. The van der Waals surface area contributed by atoms with Crippen molar-refractivity contribution >= 4 is 11.3 Å². The largest absolute Gasteiger partial charge is 0.438 e. The lowest BCUT2D eigenvalue weighted by Gasteiger charge is -2.16. The number of allylic oxidation sites excluding steroid dienone is 6. The highest BCUT2D eigenvalue weighted by molar-refractivity contribution is 5.81. The fourth-order valence-corrected chi connectivity index (χ4v) is 3.36. The summed E-state index contributed by atoms with van der Waals surface area (Å²) in [6.07, 6.45) is 18.1. The monoisotopic (exact) mass is 500 g/mol. The van der Waals surface area contributed by atoms with E-state index in [-0.39, 0.29) is 0 Å². The molecule has 0 aliphatic carbocycles. The van der Waals surface area contributed by atoms with Gasteiger partial charge in [0.2, 0.25) is 5.88 Å². The Kier molecular flexibility index (Phi) is 15.3. The lowest BCUT2D eigenvalue weighted by molar-refractivity contribution is 0.131. The Bertz CT molecular complexity index is 1090. The number of unbranched alkanes of at least 4 members (excludes halogenated alkanes) is 1. The van der Waals surface area contributed by atoms with Gasteiger partial charge in [0, 0.05) is 42.7 Å². The Labute approximate surface area is 225 Å². The van der Waals surface area contributed by atoms with Gasteiger partial charge in [0.25, 0.3) is 0 Å². The van der Waals surface area contributed by atoms with Crippen molar-refractivity contribution in [3.05, 3.63) is 96.0 Å². The van der Waals surface area contributed by atoms with E-state index in [0.717, 1.165) is 72.5 Å². The van der Waals surface area contributed by atoms with Gasteiger partial charge < -0.3 is 15.2 Å². The van der Waals surface area contributed by atoms with Crippen molar-refractivity contribution in [2.24, 2.45) is 10.7 Å². The van der Waals surface area contributed by atoms with Crippen molar-refractivity contribution in [1.82, 2.24) is 0 Å². The molecule has 0 bridgehead atoms. The molecule has 1 aromatic rings. The number of hydrogen-bond donors (Lipinski definition) is 1. The van der Waals surface area contributed by atoms with E-state index in [4.69, 9.17) is 21.6 Å². The highest BCUT2D eigenvalue weighted by Crippen LogP contribution is 2.33. The van der Waals surface area contributed by atoms with Crippen molar-refractivity contribution in [2.45, 2.75) is 59.8 Å². The van der Waals surface area contributed by atoms with Gasteiger partial charge in [-0.15, -0.1) is 6.42 Å². The summed E-state index contributed by atoms with van der Waals surface area (Å²) in [4.78, 5) is 4.61. The van der Waals surface area contributed by atoms with Gasteiger partial charge in [0.1, 0.15) is 5.75 Å². The van der Waals surface area contributed by atoms with Crippen molar-refractivity contribution in [3.63, 3.8) is 0 Å². The summed E-state index contributed by atoms with van der Waals surface area (Å²) >= 11 is 0. The van der Waals surface area contributed by atoms with Crippen LogP contribution in [0.4, 0.5) is 0 Å². The molecule has 0 atom stereocenters. The van der Waals surface area contributed by atoms with E-state index in [1.54, 1.807) is 0 Å². The van der Waals surface area contributed by atoms with E-state index < -0.39 is 0 Å².